The average molecular weight is 412 g/mol. The zero-order valence-electron chi connectivity index (χ0n) is 18.3. The molecule has 0 radical (unpaired) electrons. The quantitative estimate of drug-likeness (QED) is 0.590. The molecule has 5 rings (SSSR count). The number of para-hydroxylation sites is 1. The summed E-state index contributed by atoms with van der Waals surface area (Å²) in [6.07, 6.45) is 13.5. The van der Waals surface area contributed by atoms with Crippen molar-refractivity contribution in [3.8, 4) is 11.5 Å². The molecule has 1 aromatic carbocycles. The van der Waals surface area contributed by atoms with Gasteiger partial charge in [0, 0.05) is 17.9 Å². The lowest BCUT2D eigenvalue weighted by atomic mass is 9.74. The zero-order chi connectivity index (χ0) is 20.3. The predicted octanol–water partition coefficient (Wildman–Crippen LogP) is 5.55. The second kappa shape index (κ2) is 9.30. The molecule has 0 atom stereocenters. The second-order valence-electron chi connectivity index (χ2n) is 10.2. The van der Waals surface area contributed by atoms with Crippen molar-refractivity contribution in [1.29, 1.82) is 0 Å². The first-order valence-corrected chi connectivity index (χ1v) is 12.4. The van der Waals surface area contributed by atoms with Crippen LogP contribution in [0.3, 0.4) is 0 Å². The van der Waals surface area contributed by atoms with E-state index in [1.165, 1.54) is 89.4 Å². The number of piperidine rings is 1. The van der Waals surface area contributed by atoms with Gasteiger partial charge in [-0.2, -0.15) is 0 Å². The van der Waals surface area contributed by atoms with E-state index in [1.54, 1.807) is 0 Å². The third kappa shape index (κ3) is 4.54. The molecule has 0 aromatic heterocycles. The molecule has 4 nitrogen and oxygen atoms in total. The number of rotatable bonds is 7. The molecular formula is C26H37NO3. The van der Waals surface area contributed by atoms with Gasteiger partial charge in [-0.1, -0.05) is 31.4 Å². The number of likely N-dealkylation sites (tertiary alicyclic amines) is 1. The van der Waals surface area contributed by atoms with Crippen molar-refractivity contribution >= 4 is 5.78 Å². The number of carbonyl (C=O) groups excluding carboxylic acids is 1. The second-order valence-corrected chi connectivity index (χ2v) is 10.2. The molecule has 2 saturated carbocycles. The summed E-state index contributed by atoms with van der Waals surface area (Å²) in [5, 5.41) is 0. The molecule has 3 fully saturated rings. The Hall–Kier alpha value is -1.55. The van der Waals surface area contributed by atoms with Gasteiger partial charge >= 0.3 is 0 Å². The van der Waals surface area contributed by atoms with E-state index in [9.17, 15) is 4.79 Å². The Labute approximate surface area is 181 Å². The molecule has 4 aliphatic rings. The molecule has 4 heteroatoms. The Bertz CT molecular complexity index is 728. The Morgan fingerprint density at radius 3 is 2.43 bits per heavy atom. The van der Waals surface area contributed by atoms with E-state index in [0.29, 0.717) is 30.3 Å². The summed E-state index contributed by atoms with van der Waals surface area (Å²) < 4.78 is 11.3. The number of hydrogen-bond donors (Lipinski definition) is 0. The summed E-state index contributed by atoms with van der Waals surface area (Å²) in [7, 11) is 0. The Morgan fingerprint density at radius 1 is 0.933 bits per heavy atom. The highest BCUT2D eigenvalue weighted by molar-refractivity contribution is 5.81. The molecular weight excluding hydrogens is 374 g/mol. The van der Waals surface area contributed by atoms with E-state index in [1.807, 2.05) is 6.07 Å². The van der Waals surface area contributed by atoms with Crippen molar-refractivity contribution in [2.45, 2.75) is 76.5 Å². The molecule has 2 heterocycles. The number of hydrogen-bond acceptors (Lipinski definition) is 4. The Balaban J connectivity index is 1.01. The molecule has 1 saturated heterocycles. The first kappa shape index (κ1) is 20.4. The lowest BCUT2D eigenvalue weighted by molar-refractivity contribution is -0.126. The minimum atomic E-state index is 0.363. The van der Waals surface area contributed by atoms with Crippen LogP contribution in [0.4, 0.5) is 0 Å². The lowest BCUT2D eigenvalue weighted by Gasteiger charge is -2.35. The smallest absolute Gasteiger partial charge is 0.231 e. The van der Waals surface area contributed by atoms with Crippen LogP contribution in [-0.4, -0.2) is 37.1 Å². The van der Waals surface area contributed by atoms with E-state index in [0.717, 1.165) is 23.8 Å². The molecule has 0 N–H and O–H groups in total. The van der Waals surface area contributed by atoms with Crippen LogP contribution in [0.2, 0.25) is 0 Å². The van der Waals surface area contributed by atoms with Crippen LogP contribution in [0.5, 0.6) is 11.5 Å². The summed E-state index contributed by atoms with van der Waals surface area (Å²) in [6, 6.07) is 6.34. The molecule has 0 unspecified atom stereocenters. The Kier molecular flexibility index (Phi) is 6.31. The molecule has 0 spiro atoms. The van der Waals surface area contributed by atoms with Gasteiger partial charge in [0.2, 0.25) is 6.79 Å². The fraction of sp³-hybridized carbons (Fsp3) is 0.731. The number of benzene rings is 1. The van der Waals surface area contributed by atoms with Crippen LogP contribution in [-0.2, 0) is 4.79 Å². The molecule has 164 valence electrons. The average Bonchev–Trinajstić information content (AvgIpc) is 3.21. The van der Waals surface area contributed by atoms with E-state index < -0.39 is 0 Å². The van der Waals surface area contributed by atoms with Crippen molar-refractivity contribution in [2.75, 3.05) is 26.4 Å². The minimum absolute atomic E-state index is 0.363. The summed E-state index contributed by atoms with van der Waals surface area (Å²) >= 11 is 0. The molecule has 2 aliphatic heterocycles. The van der Waals surface area contributed by atoms with E-state index in [2.05, 4.69) is 17.0 Å². The van der Waals surface area contributed by atoms with Crippen molar-refractivity contribution in [3.63, 3.8) is 0 Å². The fourth-order valence-corrected chi connectivity index (χ4v) is 6.01. The maximum Gasteiger partial charge on any atom is 0.231 e. The SMILES string of the molecule is O=C(CC1CCC(CCN2CCC(c3cccc4c3OCO4)CC2)CC1)C1CCC1. The first-order valence-electron chi connectivity index (χ1n) is 12.4. The maximum absolute atomic E-state index is 12.3. The highest BCUT2D eigenvalue weighted by Gasteiger charge is 2.30. The van der Waals surface area contributed by atoms with Crippen molar-refractivity contribution in [1.82, 2.24) is 4.90 Å². The van der Waals surface area contributed by atoms with Gasteiger partial charge in [-0.3, -0.25) is 4.79 Å². The largest absolute Gasteiger partial charge is 0.454 e. The topological polar surface area (TPSA) is 38.8 Å². The van der Waals surface area contributed by atoms with Gasteiger partial charge in [0.15, 0.2) is 11.5 Å². The Morgan fingerprint density at radius 2 is 1.70 bits per heavy atom. The van der Waals surface area contributed by atoms with Crippen LogP contribution < -0.4 is 9.47 Å². The van der Waals surface area contributed by atoms with E-state index in [-0.39, 0.29) is 0 Å². The van der Waals surface area contributed by atoms with Gasteiger partial charge in [0.25, 0.3) is 0 Å². The van der Waals surface area contributed by atoms with Gasteiger partial charge in [-0.15, -0.1) is 0 Å². The van der Waals surface area contributed by atoms with Gasteiger partial charge in [0.1, 0.15) is 5.78 Å². The number of ketones is 1. The van der Waals surface area contributed by atoms with Crippen LogP contribution in [0.1, 0.15) is 82.1 Å². The maximum atomic E-state index is 12.3. The summed E-state index contributed by atoms with van der Waals surface area (Å²) in [5.74, 6) is 5.07. The molecule has 30 heavy (non-hydrogen) atoms. The van der Waals surface area contributed by atoms with Gasteiger partial charge in [-0.05, 0) is 88.4 Å². The third-order valence-corrected chi connectivity index (χ3v) is 8.32. The number of fused-ring (bicyclic) bond motifs is 1. The summed E-state index contributed by atoms with van der Waals surface area (Å²) in [6.45, 7) is 4.00. The standard InChI is InChI=1S/C26H37NO3/c28-24(22-3-1-4-22)17-20-9-7-19(8-10-20)11-14-27-15-12-21(13-16-27)23-5-2-6-25-26(23)30-18-29-25/h2,5-6,19-22H,1,3-4,7-18H2. The number of Topliss-reactive ketones (excluding diaryl/α,β-unsaturated/α-hetero) is 1. The van der Waals surface area contributed by atoms with Gasteiger partial charge < -0.3 is 14.4 Å². The summed E-state index contributed by atoms with van der Waals surface area (Å²) in [5.41, 5.74) is 1.35. The molecule has 1 aromatic rings. The number of carbonyl (C=O) groups is 1. The normalized spacial score (nSPS) is 27.7. The van der Waals surface area contributed by atoms with E-state index >= 15 is 0 Å². The van der Waals surface area contributed by atoms with Crippen molar-refractivity contribution in [3.05, 3.63) is 23.8 Å². The predicted molar refractivity (Wildman–Crippen MR) is 118 cm³/mol. The third-order valence-electron chi connectivity index (χ3n) is 8.32. The van der Waals surface area contributed by atoms with Crippen molar-refractivity contribution < 1.29 is 14.3 Å². The van der Waals surface area contributed by atoms with Crippen LogP contribution >= 0.6 is 0 Å². The molecule has 0 bridgehead atoms. The highest BCUT2D eigenvalue weighted by atomic mass is 16.7. The van der Waals surface area contributed by atoms with Crippen LogP contribution in [0.15, 0.2) is 18.2 Å². The number of ether oxygens (including phenoxy) is 2. The zero-order valence-corrected chi connectivity index (χ0v) is 18.3. The minimum Gasteiger partial charge on any atom is -0.454 e. The summed E-state index contributed by atoms with van der Waals surface area (Å²) in [4.78, 5) is 14.9. The lowest BCUT2D eigenvalue weighted by Crippen LogP contribution is -2.35. The van der Waals surface area contributed by atoms with Gasteiger partial charge in [-0.25, -0.2) is 0 Å². The van der Waals surface area contributed by atoms with Crippen LogP contribution in [0.25, 0.3) is 0 Å². The monoisotopic (exact) mass is 411 g/mol. The van der Waals surface area contributed by atoms with Crippen LogP contribution in [0, 0.1) is 17.8 Å². The highest BCUT2D eigenvalue weighted by Crippen LogP contribution is 2.42. The first-order chi connectivity index (χ1) is 14.8. The van der Waals surface area contributed by atoms with E-state index in [4.69, 9.17) is 9.47 Å². The molecule has 0 amide bonds. The molecule has 2 aliphatic carbocycles. The number of nitrogens with zero attached hydrogens (tertiary/aromatic N) is 1. The fourth-order valence-electron chi connectivity index (χ4n) is 6.01. The van der Waals surface area contributed by atoms with Gasteiger partial charge in [0.05, 0.1) is 0 Å². The van der Waals surface area contributed by atoms with Crippen molar-refractivity contribution in [2.24, 2.45) is 17.8 Å².